The van der Waals surface area contributed by atoms with Crippen LogP contribution in [0.5, 0.6) is 5.75 Å². The van der Waals surface area contributed by atoms with Gasteiger partial charge in [-0.2, -0.15) is 0 Å². The van der Waals surface area contributed by atoms with Gasteiger partial charge in [0.25, 0.3) is 0 Å². The molecule has 0 bridgehead atoms. The topological polar surface area (TPSA) is 103 Å². The van der Waals surface area contributed by atoms with Gasteiger partial charge in [0.15, 0.2) is 0 Å². The van der Waals surface area contributed by atoms with Gasteiger partial charge < -0.3 is 14.8 Å². The van der Waals surface area contributed by atoms with E-state index < -0.39 is 21.8 Å². The standard InChI is InChI=1S/C30H27BrF2N4O4S2/c1-3-27(40-9-10-43(2,38)39)30-37-26(16-42-30)21-13-22-25(14-24(21)33)34-17-35-29(22)36-20-7-8-28(23(31)12-20)41-15-18-5-4-6-19(32)11-18/h4-8,11-14,16-17,27H,3,9-10,15H2,1-2H3,(H,34,35,36). The molecule has 5 aromatic rings. The zero-order valence-electron chi connectivity index (χ0n) is 23.2. The van der Waals surface area contributed by atoms with Crippen molar-refractivity contribution in [1.82, 2.24) is 15.0 Å². The first kappa shape index (κ1) is 30.9. The van der Waals surface area contributed by atoms with Crippen LogP contribution in [0.25, 0.3) is 22.2 Å². The number of halogens is 3. The molecule has 0 aliphatic carbocycles. The lowest BCUT2D eigenvalue weighted by Gasteiger charge is -2.13. The van der Waals surface area contributed by atoms with E-state index in [0.29, 0.717) is 55.3 Å². The normalized spacial score (nSPS) is 12.4. The molecule has 0 aliphatic rings. The van der Waals surface area contributed by atoms with E-state index in [9.17, 15) is 12.8 Å². The highest BCUT2D eigenvalue weighted by Gasteiger charge is 2.19. The molecule has 2 aromatic heterocycles. The van der Waals surface area contributed by atoms with Gasteiger partial charge in [-0.1, -0.05) is 19.1 Å². The summed E-state index contributed by atoms with van der Waals surface area (Å²) < 4.78 is 63.9. The van der Waals surface area contributed by atoms with Crippen molar-refractivity contribution < 1.29 is 26.7 Å². The summed E-state index contributed by atoms with van der Waals surface area (Å²) >= 11 is 4.85. The number of anilines is 2. The number of hydrogen-bond acceptors (Lipinski definition) is 9. The van der Waals surface area contributed by atoms with Gasteiger partial charge in [0.1, 0.15) is 57.1 Å². The molecule has 43 heavy (non-hydrogen) atoms. The van der Waals surface area contributed by atoms with Crippen LogP contribution in [0, 0.1) is 11.6 Å². The minimum atomic E-state index is -3.15. The lowest BCUT2D eigenvalue weighted by Crippen LogP contribution is -2.13. The number of rotatable bonds is 12. The fourth-order valence-corrected chi connectivity index (χ4v) is 6.10. The summed E-state index contributed by atoms with van der Waals surface area (Å²) in [5.41, 5.74) is 2.53. The van der Waals surface area contributed by atoms with Gasteiger partial charge >= 0.3 is 0 Å². The number of ether oxygens (including phenoxy) is 2. The van der Waals surface area contributed by atoms with Crippen LogP contribution in [-0.4, -0.2) is 42.0 Å². The van der Waals surface area contributed by atoms with E-state index in [1.165, 1.54) is 35.9 Å². The molecule has 0 spiro atoms. The Hall–Kier alpha value is -3.52. The average Bonchev–Trinajstić information content (AvgIpc) is 3.44. The number of sulfone groups is 1. The summed E-state index contributed by atoms with van der Waals surface area (Å²) in [5, 5.41) is 6.24. The second kappa shape index (κ2) is 13.4. The van der Waals surface area contributed by atoms with Crippen LogP contribution in [0.1, 0.15) is 30.0 Å². The maximum Gasteiger partial charge on any atom is 0.149 e. The summed E-state index contributed by atoms with van der Waals surface area (Å²) in [6, 6.07) is 14.6. The van der Waals surface area contributed by atoms with Crippen LogP contribution < -0.4 is 10.1 Å². The minimum Gasteiger partial charge on any atom is -0.488 e. The maximum absolute atomic E-state index is 15.2. The smallest absolute Gasteiger partial charge is 0.149 e. The van der Waals surface area contributed by atoms with Crippen LogP contribution in [0.4, 0.5) is 20.3 Å². The van der Waals surface area contributed by atoms with Crippen molar-refractivity contribution in [3.63, 3.8) is 0 Å². The molecule has 3 aromatic carbocycles. The van der Waals surface area contributed by atoms with Crippen LogP contribution in [0.2, 0.25) is 0 Å². The predicted molar refractivity (Wildman–Crippen MR) is 167 cm³/mol. The van der Waals surface area contributed by atoms with Gasteiger partial charge in [-0.3, -0.25) is 0 Å². The molecule has 2 heterocycles. The number of nitrogens with one attached hydrogen (secondary N) is 1. The van der Waals surface area contributed by atoms with E-state index in [0.717, 1.165) is 6.26 Å². The second-order valence-electron chi connectivity index (χ2n) is 9.73. The average molecular weight is 690 g/mol. The Morgan fingerprint density at radius 2 is 1.93 bits per heavy atom. The highest BCUT2D eigenvalue weighted by atomic mass is 79.9. The molecule has 0 fully saturated rings. The zero-order valence-corrected chi connectivity index (χ0v) is 26.4. The van der Waals surface area contributed by atoms with E-state index >= 15 is 4.39 Å². The molecule has 1 atom stereocenters. The second-order valence-corrected chi connectivity index (χ2v) is 13.7. The first-order valence-corrected chi connectivity index (χ1v) is 17.0. The van der Waals surface area contributed by atoms with Crippen LogP contribution in [0.3, 0.4) is 0 Å². The number of benzene rings is 3. The molecular weight excluding hydrogens is 662 g/mol. The summed E-state index contributed by atoms with van der Waals surface area (Å²) in [4.78, 5) is 13.2. The van der Waals surface area contributed by atoms with E-state index in [2.05, 4.69) is 36.2 Å². The van der Waals surface area contributed by atoms with Crippen LogP contribution in [-0.2, 0) is 21.2 Å². The van der Waals surface area contributed by atoms with Crippen molar-refractivity contribution in [2.45, 2.75) is 26.1 Å². The summed E-state index contributed by atoms with van der Waals surface area (Å²) in [5.74, 6) is 0.158. The fraction of sp³-hybridized carbons (Fsp3) is 0.233. The third-order valence-corrected chi connectivity index (χ3v) is 8.88. The number of aromatic nitrogens is 3. The van der Waals surface area contributed by atoms with Gasteiger partial charge in [-0.25, -0.2) is 32.2 Å². The quantitative estimate of drug-likeness (QED) is 0.143. The van der Waals surface area contributed by atoms with Crippen LogP contribution in [0.15, 0.2) is 70.8 Å². The van der Waals surface area contributed by atoms with Gasteiger partial charge in [-0.15, -0.1) is 11.3 Å². The fourth-order valence-electron chi connectivity index (χ4n) is 4.26. The van der Waals surface area contributed by atoms with Crippen molar-refractivity contribution in [3.8, 4) is 17.0 Å². The van der Waals surface area contributed by atoms with Gasteiger partial charge in [0, 0.05) is 34.3 Å². The van der Waals surface area contributed by atoms with Gasteiger partial charge in [0.05, 0.1) is 28.0 Å². The molecule has 0 aliphatic heterocycles. The van der Waals surface area contributed by atoms with Crippen molar-refractivity contribution in [2.75, 3.05) is 23.9 Å². The maximum atomic E-state index is 15.2. The summed E-state index contributed by atoms with van der Waals surface area (Å²) in [7, 11) is -3.15. The van der Waals surface area contributed by atoms with Crippen molar-refractivity contribution in [2.24, 2.45) is 0 Å². The number of thiazole rings is 1. The highest BCUT2D eigenvalue weighted by Crippen LogP contribution is 2.35. The highest BCUT2D eigenvalue weighted by molar-refractivity contribution is 9.10. The molecule has 8 nitrogen and oxygen atoms in total. The summed E-state index contributed by atoms with van der Waals surface area (Å²) in [6.45, 7) is 2.18. The number of nitrogens with zero attached hydrogens (tertiary/aromatic N) is 3. The molecule has 1 unspecified atom stereocenters. The Morgan fingerprint density at radius 3 is 2.67 bits per heavy atom. The zero-order chi connectivity index (χ0) is 30.6. The van der Waals surface area contributed by atoms with Crippen molar-refractivity contribution >= 4 is 59.5 Å². The Labute approximate surface area is 260 Å². The molecule has 5 rings (SSSR count). The molecule has 0 saturated heterocycles. The van der Waals surface area contributed by atoms with E-state index in [1.807, 2.05) is 19.1 Å². The third-order valence-electron chi connectivity index (χ3n) is 6.42. The molecule has 1 N–H and O–H groups in total. The molecule has 0 saturated carbocycles. The monoisotopic (exact) mass is 688 g/mol. The van der Waals surface area contributed by atoms with Crippen molar-refractivity contribution in [3.05, 3.63) is 93.0 Å². The molecule has 224 valence electrons. The molecule has 0 radical (unpaired) electrons. The molecule has 0 amide bonds. The Morgan fingerprint density at radius 1 is 1.09 bits per heavy atom. The SMILES string of the molecule is CCC(OCCS(C)(=O)=O)c1nc(-c2cc3c(Nc4ccc(OCc5cccc(F)c5)c(Br)c4)ncnc3cc2F)cs1. The Bertz CT molecular complexity index is 1870. The third kappa shape index (κ3) is 7.91. The lowest BCUT2D eigenvalue weighted by molar-refractivity contribution is 0.0610. The minimum absolute atomic E-state index is 0.0547. The Kier molecular flexibility index (Phi) is 9.65. The number of hydrogen-bond donors (Lipinski definition) is 1. The Balaban J connectivity index is 1.36. The van der Waals surface area contributed by atoms with E-state index in [4.69, 9.17) is 9.47 Å². The predicted octanol–water partition coefficient (Wildman–Crippen LogP) is 7.63. The van der Waals surface area contributed by atoms with E-state index in [-0.39, 0.29) is 30.3 Å². The molecule has 13 heteroatoms. The number of fused-ring (bicyclic) bond motifs is 1. The van der Waals surface area contributed by atoms with Gasteiger partial charge in [-0.05, 0) is 64.3 Å². The van der Waals surface area contributed by atoms with Crippen molar-refractivity contribution in [1.29, 1.82) is 0 Å². The first-order chi connectivity index (χ1) is 20.6. The lowest BCUT2D eigenvalue weighted by atomic mass is 10.1. The molecular formula is C30H27BrF2N4O4S2. The summed E-state index contributed by atoms with van der Waals surface area (Å²) in [6.07, 6.45) is 2.70. The largest absolute Gasteiger partial charge is 0.488 e. The van der Waals surface area contributed by atoms with Crippen LogP contribution >= 0.6 is 27.3 Å². The first-order valence-electron chi connectivity index (χ1n) is 13.2. The van der Waals surface area contributed by atoms with E-state index in [1.54, 1.807) is 29.6 Å². The van der Waals surface area contributed by atoms with Gasteiger partial charge in [0.2, 0.25) is 0 Å².